The lowest BCUT2D eigenvalue weighted by Gasteiger charge is -2.39. The Hall–Kier alpha value is -1.40. The Morgan fingerprint density at radius 3 is 2.32 bits per heavy atom. The van der Waals surface area contributed by atoms with Gasteiger partial charge in [-0.3, -0.25) is 4.79 Å². The first-order chi connectivity index (χ1) is 13.3. The maximum absolute atomic E-state index is 13.1. The minimum Gasteiger partial charge on any atom is -0.342 e. The van der Waals surface area contributed by atoms with Crippen LogP contribution in [-0.4, -0.2) is 49.7 Å². The summed E-state index contributed by atoms with van der Waals surface area (Å²) in [6, 6.07) is 5.60. The summed E-state index contributed by atoms with van der Waals surface area (Å²) in [5, 5.41) is 0. The molecule has 4 rings (SSSR count). The lowest BCUT2D eigenvalue weighted by Crippen LogP contribution is -2.48. The lowest BCUT2D eigenvalue weighted by molar-refractivity contribution is -0.139. The van der Waals surface area contributed by atoms with Crippen LogP contribution in [0.2, 0.25) is 0 Å². The highest BCUT2D eigenvalue weighted by Crippen LogP contribution is 2.30. The van der Waals surface area contributed by atoms with E-state index in [1.807, 2.05) is 17.0 Å². The number of nitrogens with zero attached hydrogens (tertiary/aromatic N) is 2. The molecule has 3 aliphatic rings. The van der Waals surface area contributed by atoms with Crippen molar-refractivity contribution in [1.82, 2.24) is 9.21 Å². The molecule has 6 heteroatoms. The predicted octanol–water partition coefficient (Wildman–Crippen LogP) is 3.08. The molecule has 1 aromatic rings. The average molecular weight is 405 g/mol. The zero-order chi connectivity index (χ0) is 19.9. The van der Waals surface area contributed by atoms with Crippen LogP contribution in [0.25, 0.3) is 0 Å². The van der Waals surface area contributed by atoms with Gasteiger partial charge in [-0.1, -0.05) is 19.9 Å². The first-order valence-electron chi connectivity index (χ1n) is 10.8. The van der Waals surface area contributed by atoms with E-state index in [0.717, 1.165) is 32.4 Å². The van der Waals surface area contributed by atoms with Crippen molar-refractivity contribution in [3.8, 4) is 0 Å². The van der Waals surface area contributed by atoms with E-state index < -0.39 is 10.0 Å². The fourth-order valence-corrected chi connectivity index (χ4v) is 6.82. The topological polar surface area (TPSA) is 57.7 Å². The summed E-state index contributed by atoms with van der Waals surface area (Å²) in [7, 11) is -3.47. The van der Waals surface area contributed by atoms with Crippen molar-refractivity contribution in [2.75, 3.05) is 26.2 Å². The van der Waals surface area contributed by atoms with E-state index in [1.165, 1.54) is 17.5 Å². The molecule has 28 heavy (non-hydrogen) atoms. The SMILES string of the molecule is C[C@H]1C[C@H](C)CN(C(=O)C2CCN(S(=O)(=O)c3ccc4c(c3)CCC4)CC2)C1. The number of benzene rings is 1. The Labute approximate surface area is 169 Å². The summed E-state index contributed by atoms with van der Waals surface area (Å²) in [6.45, 7) is 6.99. The summed E-state index contributed by atoms with van der Waals surface area (Å²) in [5.41, 5.74) is 2.47. The van der Waals surface area contributed by atoms with Crippen LogP contribution < -0.4 is 0 Å². The lowest BCUT2D eigenvalue weighted by atomic mass is 9.89. The van der Waals surface area contributed by atoms with Crippen LogP contribution in [-0.2, 0) is 27.7 Å². The van der Waals surface area contributed by atoms with Crippen molar-refractivity contribution in [3.05, 3.63) is 29.3 Å². The molecule has 0 unspecified atom stereocenters. The van der Waals surface area contributed by atoms with Crippen LogP contribution in [0, 0.1) is 17.8 Å². The highest BCUT2D eigenvalue weighted by atomic mass is 32.2. The normalized spacial score (nSPS) is 27.0. The van der Waals surface area contributed by atoms with Crippen molar-refractivity contribution in [3.63, 3.8) is 0 Å². The monoisotopic (exact) mass is 404 g/mol. The Bertz CT molecular complexity index is 833. The number of aryl methyl sites for hydroxylation is 2. The maximum Gasteiger partial charge on any atom is 0.243 e. The van der Waals surface area contributed by atoms with E-state index in [4.69, 9.17) is 0 Å². The molecule has 1 amide bonds. The molecule has 1 aliphatic carbocycles. The van der Waals surface area contributed by atoms with E-state index in [2.05, 4.69) is 13.8 Å². The third kappa shape index (κ3) is 3.86. The molecule has 0 saturated carbocycles. The number of sulfonamides is 1. The summed E-state index contributed by atoms with van der Waals surface area (Å²) in [4.78, 5) is 15.4. The number of amides is 1. The van der Waals surface area contributed by atoms with Gasteiger partial charge in [0.05, 0.1) is 4.90 Å². The number of hydrogen-bond donors (Lipinski definition) is 0. The molecule has 0 spiro atoms. The van der Waals surface area contributed by atoms with Crippen molar-refractivity contribution in [2.24, 2.45) is 17.8 Å². The summed E-state index contributed by atoms with van der Waals surface area (Å²) in [5.74, 6) is 1.29. The minimum atomic E-state index is -3.47. The quantitative estimate of drug-likeness (QED) is 0.778. The van der Waals surface area contributed by atoms with Crippen molar-refractivity contribution >= 4 is 15.9 Å². The predicted molar refractivity (Wildman–Crippen MR) is 109 cm³/mol. The number of likely N-dealkylation sites (tertiary alicyclic amines) is 1. The number of hydrogen-bond acceptors (Lipinski definition) is 3. The van der Waals surface area contributed by atoms with Crippen molar-refractivity contribution < 1.29 is 13.2 Å². The van der Waals surface area contributed by atoms with Crippen LogP contribution in [0.4, 0.5) is 0 Å². The van der Waals surface area contributed by atoms with Crippen LogP contribution in [0.3, 0.4) is 0 Å². The molecule has 1 aromatic carbocycles. The van der Waals surface area contributed by atoms with Gasteiger partial charge in [0.1, 0.15) is 0 Å². The van der Waals surface area contributed by atoms with Gasteiger partial charge in [-0.25, -0.2) is 8.42 Å². The van der Waals surface area contributed by atoms with E-state index in [1.54, 1.807) is 10.4 Å². The molecule has 0 bridgehead atoms. The molecule has 2 aliphatic heterocycles. The highest BCUT2D eigenvalue weighted by Gasteiger charge is 2.35. The van der Waals surface area contributed by atoms with Crippen LogP contribution in [0.1, 0.15) is 50.7 Å². The second-order valence-electron chi connectivity index (χ2n) is 9.15. The third-order valence-corrected chi connectivity index (χ3v) is 8.59. The molecule has 0 aromatic heterocycles. The van der Waals surface area contributed by atoms with Gasteiger partial charge in [-0.2, -0.15) is 4.31 Å². The number of piperidine rings is 2. The van der Waals surface area contributed by atoms with Crippen LogP contribution >= 0.6 is 0 Å². The third-order valence-electron chi connectivity index (χ3n) is 6.69. The molecule has 0 N–H and O–H groups in total. The average Bonchev–Trinajstić information content (AvgIpc) is 3.14. The van der Waals surface area contributed by atoms with Gasteiger partial charge in [0.2, 0.25) is 15.9 Å². The van der Waals surface area contributed by atoms with Crippen LogP contribution in [0.15, 0.2) is 23.1 Å². The fourth-order valence-electron chi connectivity index (χ4n) is 5.30. The first-order valence-corrected chi connectivity index (χ1v) is 12.2. The number of fused-ring (bicyclic) bond motifs is 1. The smallest absolute Gasteiger partial charge is 0.243 e. The molecule has 2 saturated heterocycles. The molecule has 2 heterocycles. The molecule has 2 atom stereocenters. The molecular weight excluding hydrogens is 372 g/mol. The number of rotatable bonds is 3. The molecular formula is C22H32N2O3S. The zero-order valence-electron chi connectivity index (χ0n) is 17.1. The first kappa shape index (κ1) is 19.9. The Morgan fingerprint density at radius 1 is 1.00 bits per heavy atom. The van der Waals surface area contributed by atoms with Gasteiger partial charge in [-0.15, -0.1) is 0 Å². The van der Waals surface area contributed by atoms with E-state index in [9.17, 15) is 13.2 Å². The zero-order valence-corrected chi connectivity index (χ0v) is 17.9. The molecule has 2 fully saturated rings. The Kier molecular flexibility index (Phi) is 5.53. The summed E-state index contributed by atoms with van der Waals surface area (Å²) in [6.07, 6.45) is 5.57. The standard InChI is InChI=1S/C22H32N2O3S/c1-16-12-17(2)15-23(14-16)22(25)19-8-10-24(11-9-19)28(26,27)21-7-6-18-4-3-5-20(18)13-21/h6-7,13,16-17,19H,3-5,8-12,14-15H2,1-2H3/t16-,17-/m0/s1. The second kappa shape index (κ2) is 7.79. The second-order valence-corrected chi connectivity index (χ2v) is 11.1. The van der Waals surface area contributed by atoms with Gasteiger partial charge in [0.15, 0.2) is 0 Å². The Morgan fingerprint density at radius 2 is 1.64 bits per heavy atom. The van der Waals surface area contributed by atoms with Gasteiger partial charge in [0.25, 0.3) is 0 Å². The van der Waals surface area contributed by atoms with E-state index >= 15 is 0 Å². The highest BCUT2D eigenvalue weighted by molar-refractivity contribution is 7.89. The van der Waals surface area contributed by atoms with E-state index in [-0.39, 0.29) is 11.8 Å². The summed E-state index contributed by atoms with van der Waals surface area (Å²) >= 11 is 0. The van der Waals surface area contributed by atoms with Crippen molar-refractivity contribution in [1.29, 1.82) is 0 Å². The largest absolute Gasteiger partial charge is 0.342 e. The maximum atomic E-state index is 13.1. The van der Waals surface area contributed by atoms with E-state index in [0.29, 0.717) is 42.7 Å². The summed E-state index contributed by atoms with van der Waals surface area (Å²) < 4.78 is 27.7. The van der Waals surface area contributed by atoms with Crippen molar-refractivity contribution in [2.45, 2.75) is 57.3 Å². The number of carbonyl (C=O) groups excluding carboxylic acids is 1. The fraction of sp³-hybridized carbons (Fsp3) is 0.682. The molecule has 154 valence electrons. The molecule has 5 nitrogen and oxygen atoms in total. The molecule has 0 radical (unpaired) electrons. The van der Waals surface area contributed by atoms with Gasteiger partial charge >= 0.3 is 0 Å². The van der Waals surface area contributed by atoms with Gasteiger partial charge < -0.3 is 4.90 Å². The minimum absolute atomic E-state index is 0.0380. The Balaban J connectivity index is 1.40. The van der Waals surface area contributed by atoms with Gasteiger partial charge in [0, 0.05) is 32.1 Å². The number of carbonyl (C=O) groups is 1. The van der Waals surface area contributed by atoms with Crippen LogP contribution in [0.5, 0.6) is 0 Å². The van der Waals surface area contributed by atoms with Gasteiger partial charge in [-0.05, 0) is 73.6 Å².